The van der Waals surface area contributed by atoms with Crippen LogP contribution < -0.4 is 4.74 Å². The Bertz CT molecular complexity index is 852. The molecule has 0 radical (unpaired) electrons. The second kappa shape index (κ2) is 5.85. The molecule has 2 aromatic carbocycles. The van der Waals surface area contributed by atoms with Gasteiger partial charge in [-0.15, -0.1) is 0 Å². The fraction of sp³-hybridized carbons (Fsp3) is 0.158. The molecule has 122 valence electrons. The highest BCUT2D eigenvalue weighted by Crippen LogP contribution is 2.49. The number of benzene rings is 2. The Balaban J connectivity index is 2.38. The summed E-state index contributed by atoms with van der Waals surface area (Å²) >= 11 is 0. The van der Waals surface area contributed by atoms with E-state index in [2.05, 4.69) is 0 Å². The van der Waals surface area contributed by atoms with Gasteiger partial charge in [-0.3, -0.25) is 0 Å². The van der Waals surface area contributed by atoms with Gasteiger partial charge in [0.15, 0.2) is 0 Å². The van der Waals surface area contributed by atoms with E-state index in [0.717, 1.165) is 17.2 Å². The van der Waals surface area contributed by atoms with Crippen molar-refractivity contribution in [2.24, 2.45) is 0 Å². The molecule has 24 heavy (non-hydrogen) atoms. The third kappa shape index (κ3) is 2.34. The molecule has 0 aliphatic carbocycles. The fourth-order valence-electron chi connectivity index (χ4n) is 3.34. The van der Waals surface area contributed by atoms with Crippen molar-refractivity contribution >= 4 is 11.9 Å². The molecule has 1 aliphatic heterocycles. The molecule has 0 amide bonds. The van der Waals surface area contributed by atoms with Crippen LogP contribution in [0.3, 0.4) is 0 Å². The molecule has 5 heteroatoms. The van der Waals surface area contributed by atoms with Gasteiger partial charge in [-0.2, -0.15) is 0 Å². The zero-order chi connectivity index (χ0) is 17.3. The normalized spacial score (nSPS) is 19.5. The number of ether oxygens (including phenoxy) is 1. The highest BCUT2D eigenvalue weighted by Gasteiger charge is 2.49. The summed E-state index contributed by atoms with van der Waals surface area (Å²) in [5.74, 6) is -2.01. The number of aliphatic carboxylic acids is 2. The summed E-state index contributed by atoms with van der Waals surface area (Å²) in [6.45, 7) is 1.92. The topological polar surface area (TPSA) is 83.8 Å². The summed E-state index contributed by atoms with van der Waals surface area (Å²) in [5, 5.41) is 18.9. The van der Waals surface area contributed by atoms with E-state index in [1.807, 2.05) is 31.2 Å². The Kier molecular flexibility index (Phi) is 3.85. The van der Waals surface area contributed by atoms with Crippen LogP contribution in [-0.2, 0) is 15.0 Å². The molecule has 3 rings (SSSR count). The Hall–Kier alpha value is -3.08. The smallest absolute Gasteiger partial charge is 0.333 e. The lowest BCUT2D eigenvalue weighted by molar-refractivity contribution is -0.135. The number of aryl methyl sites for hydroxylation is 1. The maximum absolute atomic E-state index is 11.9. The Morgan fingerprint density at radius 3 is 2.29 bits per heavy atom. The third-order valence-corrected chi connectivity index (χ3v) is 4.35. The van der Waals surface area contributed by atoms with Crippen molar-refractivity contribution in [3.63, 3.8) is 0 Å². The molecule has 2 N–H and O–H groups in total. The summed E-state index contributed by atoms with van der Waals surface area (Å²) in [5.41, 5.74) is 0.884. The molecule has 0 saturated heterocycles. The van der Waals surface area contributed by atoms with Gasteiger partial charge in [0.25, 0.3) is 0 Å². The minimum atomic E-state index is -1.30. The number of hydrogen-bond donors (Lipinski definition) is 2. The number of hydrogen-bond acceptors (Lipinski definition) is 3. The molecule has 1 atom stereocenters. The largest absolute Gasteiger partial charge is 0.492 e. The van der Waals surface area contributed by atoms with Gasteiger partial charge in [0.2, 0.25) is 0 Å². The van der Waals surface area contributed by atoms with Crippen molar-refractivity contribution in [1.82, 2.24) is 0 Å². The second-order valence-electron chi connectivity index (χ2n) is 5.71. The van der Waals surface area contributed by atoms with Gasteiger partial charge in [0, 0.05) is 11.6 Å². The van der Waals surface area contributed by atoms with Crippen LogP contribution in [0.15, 0.2) is 60.2 Å². The molecule has 1 unspecified atom stereocenters. The maximum atomic E-state index is 11.9. The lowest BCUT2D eigenvalue weighted by Crippen LogP contribution is -2.37. The minimum absolute atomic E-state index is 0.0443. The van der Waals surface area contributed by atoms with Crippen molar-refractivity contribution in [2.45, 2.75) is 12.3 Å². The van der Waals surface area contributed by atoms with Gasteiger partial charge in [-0.1, -0.05) is 42.5 Å². The molecule has 5 nitrogen and oxygen atoms in total. The highest BCUT2D eigenvalue weighted by molar-refractivity contribution is 5.98. The number of para-hydroxylation sites is 1. The zero-order valence-corrected chi connectivity index (χ0v) is 13.0. The predicted octanol–water partition coefficient (Wildman–Crippen LogP) is 2.77. The number of carboxylic acid groups (broad SMARTS) is 2. The van der Waals surface area contributed by atoms with Crippen molar-refractivity contribution in [1.29, 1.82) is 0 Å². The fourth-order valence-corrected chi connectivity index (χ4v) is 3.34. The number of carboxylic acids is 2. The van der Waals surface area contributed by atoms with Crippen LogP contribution in [0.2, 0.25) is 0 Å². The Morgan fingerprint density at radius 2 is 1.67 bits per heavy atom. The van der Waals surface area contributed by atoms with E-state index in [9.17, 15) is 19.8 Å². The van der Waals surface area contributed by atoms with Crippen LogP contribution in [-0.4, -0.2) is 28.8 Å². The molecule has 0 fully saturated rings. The van der Waals surface area contributed by atoms with E-state index in [1.54, 1.807) is 24.3 Å². The first-order valence-electron chi connectivity index (χ1n) is 7.43. The molecule has 2 aromatic rings. The van der Waals surface area contributed by atoms with Crippen molar-refractivity contribution in [3.8, 4) is 5.75 Å². The molecule has 0 bridgehead atoms. The third-order valence-electron chi connectivity index (χ3n) is 4.35. The lowest BCUT2D eigenvalue weighted by atomic mass is 9.69. The van der Waals surface area contributed by atoms with E-state index in [-0.39, 0.29) is 12.2 Å². The summed E-state index contributed by atoms with van der Waals surface area (Å²) in [6.07, 6.45) is 0.764. The number of carbonyl (C=O) groups is 2. The average Bonchev–Trinajstić information content (AvgIpc) is 2.93. The second-order valence-corrected chi connectivity index (χ2v) is 5.71. The van der Waals surface area contributed by atoms with E-state index in [0.29, 0.717) is 11.3 Å². The van der Waals surface area contributed by atoms with Crippen LogP contribution in [0.4, 0.5) is 0 Å². The first kappa shape index (κ1) is 15.8. The molecular weight excluding hydrogens is 308 g/mol. The van der Waals surface area contributed by atoms with Crippen molar-refractivity contribution < 1.29 is 24.5 Å². The van der Waals surface area contributed by atoms with Crippen LogP contribution in [0.5, 0.6) is 5.75 Å². The summed E-state index contributed by atoms with van der Waals surface area (Å²) in [7, 11) is 0. The lowest BCUT2D eigenvalue weighted by Gasteiger charge is -2.30. The SMILES string of the molecule is Cc1ccccc1C1(C(=CC(=O)O)C(=O)O)COc2ccccc21. The maximum Gasteiger partial charge on any atom is 0.333 e. The molecular formula is C19H16O5. The Morgan fingerprint density at radius 1 is 1.04 bits per heavy atom. The van der Waals surface area contributed by atoms with E-state index in [4.69, 9.17) is 4.74 Å². The van der Waals surface area contributed by atoms with Crippen molar-refractivity contribution in [2.75, 3.05) is 6.61 Å². The van der Waals surface area contributed by atoms with Crippen LogP contribution >= 0.6 is 0 Å². The summed E-state index contributed by atoms with van der Waals surface area (Å²) in [4.78, 5) is 23.2. The first-order valence-corrected chi connectivity index (χ1v) is 7.43. The monoisotopic (exact) mass is 324 g/mol. The van der Waals surface area contributed by atoms with Crippen LogP contribution in [0.25, 0.3) is 0 Å². The zero-order valence-electron chi connectivity index (χ0n) is 13.0. The minimum Gasteiger partial charge on any atom is -0.492 e. The summed E-state index contributed by atoms with van der Waals surface area (Å²) < 4.78 is 5.74. The molecule has 0 spiro atoms. The van der Waals surface area contributed by atoms with Crippen molar-refractivity contribution in [3.05, 3.63) is 76.9 Å². The molecule has 0 saturated carbocycles. The van der Waals surface area contributed by atoms with Gasteiger partial charge in [-0.05, 0) is 24.1 Å². The van der Waals surface area contributed by atoms with Gasteiger partial charge < -0.3 is 14.9 Å². The molecule has 1 heterocycles. The Labute approximate surface area is 138 Å². The molecule has 0 aromatic heterocycles. The van der Waals surface area contributed by atoms with Crippen LogP contribution in [0.1, 0.15) is 16.7 Å². The number of fused-ring (bicyclic) bond motifs is 1. The average molecular weight is 324 g/mol. The first-order chi connectivity index (χ1) is 11.5. The molecule has 1 aliphatic rings. The van der Waals surface area contributed by atoms with Gasteiger partial charge in [-0.25, -0.2) is 9.59 Å². The van der Waals surface area contributed by atoms with Gasteiger partial charge in [0.1, 0.15) is 12.4 Å². The van der Waals surface area contributed by atoms with Crippen LogP contribution in [0, 0.1) is 6.92 Å². The van der Waals surface area contributed by atoms with E-state index >= 15 is 0 Å². The highest BCUT2D eigenvalue weighted by atomic mass is 16.5. The van der Waals surface area contributed by atoms with Gasteiger partial charge in [0.05, 0.1) is 11.0 Å². The standard InChI is InChI=1S/C19H16O5/c1-12-6-2-3-7-13(12)19(15(18(22)23)10-17(20)21)11-24-16-9-5-4-8-14(16)19/h2-10H,11H2,1H3,(H,20,21)(H,22,23). The van der Waals surface area contributed by atoms with E-state index < -0.39 is 17.4 Å². The summed E-state index contributed by atoms with van der Waals surface area (Å²) in [6, 6.07) is 14.5. The van der Waals surface area contributed by atoms with Gasteiger partial charge >= 0.3 is 11.9 Å². The quantitative estimate of drug-likeness (QED) is 0.845. The predicted molar refractivity (Wildman–Crippen MR) is 87.3 cm³/mol. The van der Waals surface area contributed by atoms with E-state index in [1.165, 1.54) is 0 Å². The number of rotatable bonds is 4.